The lowest BCUT2D eigenvalue weighted by atomic mass is 9.95. The van der Waals surface area contributed by atoms with E-state index in [1.54, 1.807) is 54.6 Å². The Bertz CT molecular complexity index is 1060. The van der Waals surface area contributed by atoms with Gasteiger partial charge in [-0.2, -0.15) is 0 Å². The van der Waals surface area contributed by atoms with E-state index in [0.29, 0.717) is 16.8 Å². The van der Waals surface area contributed by atoms with Gasteiger partial charge in [-0.25, -0.2) is 4.39 Å². The molecule has 1 saturated heterocycles. The zero-order chi connectivity index (χ0) is 19.7. The highest BCUT2D eigenvalue weighted by molar-refractivity contribution is 6.51. The molecule has 0 radical (unpaired) electrons. The molecule has 3 aromatic carbocycles. The van der Waals surface area contributed by atoms with E-state index in [9.17, 15) is 19.1 Å². The molecule has 28 heavy (non-hydrogen) atoms. The van der Waals surface area contributed by atoms with Crippen LogP contribution in [0, 0.1) is 5.82 Å². The van der Waals surface area contributed by atoms with Crippen molar-refractivity contribution in [2.24, 2.45) is 0 Å². The largest absolute Gasteiger partial charge is 0.507 e. The molecule has 4 rings (SSSR count). The van der Waals surface area contributed by atoms with Gasteiger partial charge in [0.25, 0.3) is 11.7 Å². The van der Waals surface area contributed by atoms with Crippen LogP contribution in [0.2, 0.25) is 0 Å². The number of halogens is 1. The Morgan fingerprint density at radius 3 is 2.00 bits per heavy atom. The summed E-state index contributed by atoms with van der Waals surface area (Å²) in [4.78, 5) is 27.0. The van der Waals surface area contributed by atoms with Crippen molar-refractivity contribution in [1.29, 1.82) is 0 Å². The van der Waals surface area contributed by atoms with E-state index >= 15 is 0 Å². The minimum absolute atomic E-state index is 0.00623. The number of aliphatic hydroxyl groups excluding tert-OH is 1. The van der Waals surface area contributed by atoms with Crippen LogP contribution in [-0.2, 0) is 9.59 Å². The van der Waals surface area contributed by atoms with Crippen molar-refractivity contribution in [2.75, 3.05) is 4.90 Å². The van der Waals surface area contributed by atoms with Gasteiger partial charge in [-0.1, -0.05) is 60.7 Å². The van der Waals surface area contributed by atoms with Crippen LogP contribution < -0.4 is 4.90 Å². The van der Waals surface area contributed by atoms with Crippen molar-refractivity contribution in [2.45, 2.75) is 6.04 Å². The van der Waals surface area contributed by atoms with Crippen LogP contribution in [0.1, 0.15) is 17.2 Å². The fourth-order valence-corrected chi connectivity index (χ4v) is 3.40. The van der Waals surface area contributed by atoms with E-state index in [2.05, 4.69) is 0 Å². The topological polar surface area (TPSA) is 57.6 Å². The molecule has 0 spiro atoms. The van der Waals surface area contributed by atoms with Crippen molar-refractivity contribution in [3.05, 3.63) is 107 Å². The van der Waals surface area contributed by atoms with Crippen LogP contribution in [0.15, 0.2) is 90.5 Å². The molecule has 0 unspecified atom stereocenters. The minimum atomic E-state index is -0.813. The molecular formula is C23H16FNO3. The Morgan fingerprint density at radius 2 is 1.39 bits per heavy atom. The van der Waals surface area contributed by atoms with Crippen LogP contribution in [0.3, 0.4) is 0 Å². The number of amides is 1. The van der Waals surface area contributed by atoms with E-state index in [1.165, 1.54) is 29.2 Å². The van der Waals surface area contributed by atoms with Crippen molar-refractivity contribution in [3.63, 3.8) is 0 Å². The zero-order valence-corrected chi connectivity index (χ0v) is 14.7. The molecule has 0 saturated carbocycles. The summed E-state index contributed by atoms with van der Waals surface area (Å²) in [7, 11) is 0. The first kappa shape index (κ1) is 17.7. The number of aliphatic hydroxyl groups is 1. The van der Waals surface area contributed by atoms with Gasteiger partial charge in [-0.05, 0) is 29.8 Å². The van der Waals surface area contributed by atoms with E-state index in [4.69, 9.17) is 0 Å². The predicted octanol–water partition coefficient (Wildman–Crippen LogP) is 4.45. The SMILES string of the molecule is O=C1C(=O)N(c2ccc(F)cc2)[C@@H](c2ccccc2)/C1=C(\O)c1ccccc1. The molecular weight excluding hydrogens is 357 g/mol. The van der Waals surface area contributed by atoms with Gasteiger partial charge in [0.2, 0.25) is 0 Å². The standard InChI is InChI=1S/C23H16FNO3/c24-17-11-13-18(14-12-17)25-20(15-7-3-1-4-8-15)19(22(27)23(25)28)21(26)16-9-5-2-6-10-16/h1-14,20,26H/b21-19+/t20-/m0/s1. The molecule has 138 valence electrons. The molecule has 1 N–H and O–H groups in total. The maximum absolute atomic E-state index is 13.4. The third-order valence-electron chi connectivity index (χ3n) is 4.71. The Labute approximate surface area is 161 Å². The van der Waals surface area contributed by atoms with Gasteiger partial charge < -0.3 is 5.11 Å². The lowest BCUT2D eigenvalue weighted by Crippen LogP contribution is -2.29. The zero-order valence-electron chi connectivity index (χ0n) is 14.7. The molecule has 3 aromatic rings. The molecule has 1 heterocycles. The second-order valence-electron chi connectivity index (χ2n) is 6.42. The van der Waals surface area contributed by atoms with E-state index in [-0.39, 0.29) is 11.3 Å². The summed E-state index contributed by atoms with van der Waals surface area (Å²) in [6.45, 7) is 0. The second-order valence-corrected chi connectivity index (χ2v) is 6.42. The maximum atomic E-state index is 13.4. The summed E-state index contributed by atoms with van der Waals surface area (Å²) < 4.78 is 13.4. The normalized spacial score (nSPS) is 18.5. The van der Waals surface area contributed by atoms with Crippen molar-refractivity contribution in [1.82, 2.24) is 0 Å². The summed E-state index contributed by atoms with van der Waals surface area (Å²) in [5.74, 6) is -2.23. The van der Waals surface area contributed by atoms with E-state index in [0.717, 1.165) is 0 Å². The average molecular weight is 373 g/mol. The first-order chi connectivity index (χ1) is 13.6. The molecule has 1 atom stereocenters. The number of rotatable bonds is 3. The first-order valence-electron chi connectivity index (χ1n) is 8.75. The molecule has 1 aliphatic rings. The lowest BCUT2D eigenvalue weighted by molar-refractivity contribution is -0.132. The number of carbonyl (C=O) groups excluding carboxylic acids is 2. The Hall–Kier alpha value is -3.73. The number of benzene rings is 3. The highest BCUT2D eigenvalue weighted by Gasteiger charge is 2.46. The summed E-state index contributed by atoms with van der Waals surface area (Å²) in [5, 5.41) is 10.9. The smallest absolute Gasteiger partial charge is 0.300 e. The van der Waals surface area contributed by atoms with Gasteiger partial charge in [0.1, 0.15) is 11.6 Å². The molecule has 1 fully saturated rings. The number of hydrogen-bond donors (Lipinski definition) is 1. The average Bonchev–Trinajstić information content (AvgIpc) is 3.00. The number of nitrogens with zero attached hydrogens (tertiary/aromatic N) is 1. The van der Waals surface area contributed by atoms with Gasteiger partial charge in [0, 0.05) is 11.3 Å². The first-order valence-corrected chi connectivity index (χ1v) is 8.75. The fourth-order valence-electron chi connectivity index (χ4n) is 3.40. The predicted molar refractivity (Wildman–Crippen MR) is 104 cm³/mol. The van der Waals surface area contributed by atoms with E-state index < -0.39 is 23.5 Å². The molecule has 0 aliphatic carbocycles. The fraction of sp³-hybridized carbons (Fsp3) is 0.0435. The summed E-state index contributed by atoms with van der Waals surface area (Å²) in [5.41, 5.74) is 1.50. The maximum Gasteiger partial charge on any atom is 0.300 e. The Morgan fingerprint density at radius 1 is 0.821 bits per heavy atom. The number of carbonyl (C=O) groups is 2. The number of Topliss-reactive ketones (excluding diaryl/α,β-unsaturated/α-hetero) is 1. The monoisotopic (exact) mass is 373 g/mol. The number of anilines is 1. The van der Waals surface area contributed by atoms with Crippen molar-refractivity contribution < 1.29 is 19.1 Å². The number of hydrogen-bond acceptors (Lipinski definition) is 3. The molecule has 1 aliphatic heterocycles. The lowest BCUT2D eigenvalue weighted by Gasteiger charge is -2.25. The third kappa shape index (κ3) is 2.97. The highest BCUT2D eigenvalue weighted by atomic mass is 19.1. The van der Waals surface area contributed by atoms with Gasteiger partial charge in [0.05, 0.1) is 11.6 Å². The van der Waals surface area contributed by atoms with Crippen molar-refractivity contribution >= 4 is 23.1 Å². The van der Waals surface area contributed by atoms with Crippen LogP contribution in [0.4, 0.5) is 10.1 Å². The molecule has 5 heteroatoms. The molecule has 1 amide bonds. The summed E-state index contributed by atoms with van der Waals surface area (Å²) >= 11 is 0. The summed E-state index contributed by atoms with van der Waals surface area (Å²) in [6.07, 6.45) is 0. The van der Waals surface area contributed by atoms with Gasteiger partial charge in [-0.3, -0.25) is 14.5 Å². The number of ketones is 1. The van der Waals surface area contributed by atoms with Crippen LogP contribution in [0.25, 0.3) is 5.76 Å². The Kier molecular flexibility index (Phi) is 4.49. The van der Waals surface area contributed by atoms with E-state index in [1.807, 2.05) is 6.07 Å². The third-order valence-corrected chi connectivity index (χ3v) is 4.71. The van der Waals surface area contributed by atoms with Gasteiger partial charge in [0.15, 0.2) is 0 Å². The minimum Gasteiger partial charge on any atom is -0.507 e. The van der Waals surface area contributed by atoms with Crippen LogP contribution in [-0.4, -0.2) is 16.8 Å². The summed E-state index contributed by atoms with van der Waals surface area (Å²) in [6, 6.07) is 22.1. The van der Waals surface area contributed by atoms with Gasteiger partial charge >= 0.3 is 0 Å². The molecule has 4 nitrogen and oxygen atoms in total. The second kappa shape index (κ2) is 7.12. The van der Waals surface area contributed by atoms with Crippen LogP contribution in [0.5, 0.6) is 0 Å². The Balaban J connectivity index is 1.94. The molecule has 0 bridgehead atoms. The van der Waals surface area contributed by atoms with Gasteiger partial charge in [-0.15, -0.1) is 0 Å². The van der Waals surface area contributed by atoms with Crippen LogP contribution >= 0.6 is 0 Å². The quantitative estimate of drug-likeness (QED) is 0.419. The molecule has 0 aromatic heterocycles. The highest BCUT2D eigenvalue weighted by Crippen LogP contribution is 2.41. The van der Waals surface area contributed by atoms with Crippen molar-refractivity contribution in [3.8, 4) is 0 Å².